The van der Waals surface area contributed by atoms with Gasteiger partial charge in [-0.2, -0.15) is 0 Å². The van der Waals surface area contributed by atoms with Crippen molar-refractivity contribution >= 4 is 51.8 Å². The Morgan fingerprint density at radius 1 is 1.11 bits per heavy atom. The van der Waals surface area contributed by atoms with Gasteiger partial charge in [-0.1, -0.05) is 19.1 Å². The van der Waals surface area contributed by atoms with E-state index in [2.05, 4.69) is 17.2 Å². The number of hydrogen-bond donors (Lipinski definition) is 2. The van der Waals surface area contributed by atoms with E-state index in [4.69, 9.17) is 0 Å². The van der Waals surface area contributed by atoms with Crippen molar-refractivity contribution in [3.63, 3.8) is 0 Å². The first kappa shape index (κ1) is 25.1. The zero-order chi connectivity index (χ0) is 25.1. The van der Waals surface area contributed by atoms with E-state index in [1.54, 1.807) is 22.5 Å². The molecule has 2 amide bonds. The van der Waals surface area contributed by atoms with Crippen molar-refractivity contribution in [2.45, 2.75) is 52.5 Å². The fraction of sp³-hybridized carbons (Fsp3) is 0.385. The average molecular weight is 512 g/mol. The zero-order valence-electron chi connectivity index (χ0n) is 20.0. The maximum Gasteiger partial charge on any atom is 0.348 e. The van der Waals surface area contributed by atoms with E-state index < -0.39 is 5.97 Å². The Bertz CT molecular complexity index is 1190. The molecule has 0 atom stereocenters. The quantitative estimate of drug-likeness (QED) is 0.383. The standard InChI is InChI=1S/C26H29N3O4S2/c1-15(2)29(25(31)18-6-4-16(3)5-7-18)20-12-21(35-23(20)26(32)33)17-8-10-19(11-9-17)28-24(30)22-13-27-14-34-22/h8-16,18H,4-7H2,1-3H3,(H,28,30)(H,32,33)/t16-,18-. The molecular weight excluding hydrogens is 482 g/mol. The summed E-state index contributed by atoms with van der Waals surface area (Å²) in [5.74, 6) is -0.695. The van der Waals surface area contributed by atoms with Crippen molar-refractivity contribution in [1.29, 1.82) is 0 Å². The van der Waals surface area contributed by atoms with Gasteiger partial charge in [-0.15, -0.1) is 22.7 Å². The molecular formula is C26H29N3O4S2. The smallest absolute Gasteiger partial charge is 0.348 e. The summed E-state index contributed by atoms with van der Waals surface area (Å²) >= 11 is 2.43. The molecule has 1 saturated carbocycles. The Morgan fingerprint density at radius 3 is 2.37 bits per heavy atom. The summed E-state index contributed by atoms with van der Waals surface area (Å²) in [6, 6.07) is 8.89. The fourth-order valence-electron chi connectivity index (χ4n) is 4.45. The van der Waals surface area contributed by atoms with E-state index in [0.717, 1.165) is 47.5 Å². The number of anilines is 2. The van der Waals surface area contributed by atoms with E-state index in [1.165, 1.54) is 17.5 Å². The second kappa shape index (κ2) is 10.7. The number of thiophene rings is 1. The minimum absolute atomic E-state index is 0.0138. The molecule has 3 aromatic rings. The second-order valence-corrected chi connectivity index (χ2v) is 11.2. The molecule has 0 saturated heterocycles. The van der Waals surface area contributed by atoms with Crippen LogP contribution in [-0.2, 0) is 4.79 Å². The summed E-state index contributed by atoms with van der Waals surface area (Å²) in [4.78, 5) is 44.9. The highest BCUT2D eigenvalue weighted by molar-refractivity contribution is 7.18. The molecule has 2 N–H and O–H groups in total. The minimum atomic E-state index is -1.04. The predicted octanol–water partition coefficient (Wildman–Crippen LogP) is 6.39. The van der Waals surface area contributed by atoms with Gasteiger partial charge < -0.3 is 15.3 Å². The van der Waals surface area contributed by atoms with Crippen molar-refractivity contribution in [3.8, 4) is 10.4 Å². The molecule has 35 heavy (non-hydrogen) atoms. The first-order chi connectivity index (χ1) is 16.7. The highest BCUT2D eigenvalue weighted by Crippen LogP contribution is 2.40. The number of rotatable bonds is 7. The van der Waals surface area contributed by atoms with E-state index in [0.29, 0.717) is 22.2 Å². The summed E-state index contributed by atoms with van der Waals surface area (Å²) in [5, 5.41) is 12.8. The van der Waals surface area contributed by atoms with E-state index >= 15 is 0 Å². The lowest BCUT2D eigenvalue weighted by Crippen LogP contribution is -2.42. The number of nitrogens with one attached hydrogen (secondary N) is 1. The fourth-order valence-corrected chi connectivity index (χ4v) is 5.96. The first-order valence-corrected chi connectivity index (χ1v) is 13.4. The molecule has 1 aromatic carbocycles. The maximum absolute atomic E-state index is 13.5. The third kappa shape index (κ3) is 5.62. The number of carbonyl (C=O) groups is 3. The molecule has 0 aliphatic heterocycles. The van der Waals surface area contributed by atoms with Gasteiger partial charge in [0.2, 0.25) is 5.91 Å². The molecule has 1 aliphatic carbocycles. The predicted molar refractivity (Wildman–Crippen MR) is 141 cm³/mol. The molecule has 2 heterocycles. The summed E-state index contributed by atoms with van der Waals surface area (Å²) in [5.41, 5.74) is 3.51. The van der Waals surface area contributed by atoms with E-state index in [9.17, 15) is 19.5 Å². The molecule has 9 heteroatoms. The Hall–Kier alpha value is -3.04. The Kier molecular flexibility index (Phi) is 7.66. The van der Waals surface area contributed by atoms with Crippen LogP contribution in [-0.4, -0.2) is 33.9 Å². The highest BCUT2D eigenvalue weighted by atomic mass is 32.1. The molecule has 4 rings (SSSR count). The Balaban J connectivity index is 1.59. The van der Waals surface area contributed by atoms with Crippen LogP contribution in [0.5, 0.6) is 0 Å². The molecule has 0 unspecified atom stereocenters. The zero-order valence-corrected chi connectivity index (χ0v) is 21.6. The van der Waals surface area contributed by atoms with Gasteiger partial charge in [0, 0.05) is 22.5 Å². The lowest BCUT2D eigenvalue weighted by Gasteiger charge is -2.33. The van der Waals surface area contributed by atoms with Crippen molar-refractivity contribution in [1.82, 2.24) is 4.98 Å². The molecule has 1 fully saturated rings. The number of amides is 2. The topological polar surface area (TPSA) is 99.6 Å². The molecule has 7 nitrogen and oxygen atoms in total. The monoisotopic (exact) mass is 511 g/mol. The number of carbonyl (C=O) groups excluding carboxylic acids is 2. The van der Waals surface area contributed by atoms with Crippen LogP contribution >= 0.6 is 22.7 Å². The lowest BCUT2D eigenvalue weighted by atomic mass is 9.82. The number of nitrogens with zero attached hydrogens (tertiary/aromatic N) is 2. The van der Waals surface area contributed by atoms with Crippen LogP contribution < -0.4 is 10.2 Å². The van der Waals surface area contributed by atoms with Crippen molar-refractivity contribution in [3.05, 3.63) is 51.8 Å². The van der Waals surface area contributed by atoms with Crippen LogP contribution in [0.1, 0.15) is 65.8 Å². The van der Waals surface area contributed by atoms with Gasteiger partial charge in [0.25, 0.3) is 5.91 Å². The summed E-state index contributed by atoms with van der Waals surface area (Å²) in [6.45, 7) is 6.06. The summed E-state index contributed by atoms with van der Waals surface area (Å²) in [7, 11) is 0. The van der Waals surface area contributed by atoms with Crippen LogP contribution in [0.4, 0.5) is 11.4 Å². The van der Waals surface area contributed by atoms with Gasteiger partial charge in [-0.3, -0.25) is 14.6 Å². The minimum Gasteiger partial charge on any atom is -0.477 e. The Labute approximate surface area is 212 Å². The number of thiazole rings is 1. The van der Waals surface area contributed by atoms with Gasteiger partial charge >= 0.3 is 5.97 Å². The number of carboxylic acid groups (broad SMARTS) is 1. The number of hydrogen-bond acceptors (Lipinski definition) is 6. The number of aromatic nitrogens is 1. The molecule has 1 aliphatic rings. The molecule has 0 radical (unpaired) electrons. The van der Waals surface area contributed by atoms with Gasteiger partial charge in [0.1, 0.15) is 9.75 Å². The van der Waals surface area contributed by atoms with Crippen LogP contribution in [0.2, 0.25) is 0 Å². The average Bonchev–Trinajstić information content (AvgIpc) is 3.51. The van der Waals surface area contributed by atoms with Crippen LogP contribution in [0.25, 0.3) is 10.4 Å². The molecule has 0 spiro atoms. The summed E-state index contributed by atoms with van der Waals surface area (Å²) in [6.07, 6.45) is 5.25. The van der Waals surface area contributed by atoms with Gasteiger partial charge in [0.05, 0.1) is 17.4 Å². The largest absolute Gasteiger partial charge is 0.477 e. The summed E-state index contributed by atoms with van der Waals surface area (Å²) < 4.78 is 0. The SMILES string of the molecule is CC(C)N(c1cc(-c2ccc(NC(=O)c3cncs3)cc2)sc1C(=O)O)C(=O)[C@H]1CC[C@H](C)CC1. The highest BCUT2D eigenvalue weighted by Gasteiger charge is 2.33. The lowest BCUT2D eigenvalue weighted by molar-refractivity contribution is -0.123. The molecule has 184 valence electrons. The third-order valence-electron chi connectivity index (χ3n) is 6.37. The van der Waals surface area contributed by atoms with Crippen LogP contribution in [0.3, 0.4) is 0 Å². The van der Waals surface area contributed by atoms with E-state index in [1.807, 2.05) is 32.0 Å². The maximum atomic E-state index is 13.5. The van der Waals surface area contributed by atoms with E-state index in [-0.39, 0.29) is 28.7 Å². The van der Waals surface area contributed by atoms with Crippen molar-refractivity contribution < 1.29 is 19.5 Å². The molecule has 0 bridgehead atoms. The second-order valence-electron chi connectivity index (χ2n) is 9.29. The van der Waals surface area contributed by atoms with Gasteiger partial charge in [-0.05, 0) is 69.2 Å². The number of benzene rings is 1. The normalized spacial score (nSPS) is 17.8. The van der Waals surface area contributed by atoms with Gasteiger partial charge in [0.15, 0.2) is 0 Å². The number of aromatic carboxylic acids is 1. The number of carboxylic acids is 1. The van der Waals surface area contributed by atoms with Crippen LogP contribution in [0.15, 0.2) is 42.0 Å². The van der Waals surface area contributed by atoms with Crippen LogP contribution in [0, 0.1) is 11.8 Å². The third-order valence-corrected chi connectivity index (χ3v) is 8.30. The Morgan fingerprint density at radius 2 is 1.80 bits per heavy atom. The van der Waals surface area contributed by atoms with Gasteiger partial charge in [-0.25, -0.2) is 4.79 Å². The first-order valence-electron chi connectivity index (χ1n) is 11.7. The van der Waals surface area contributed by atoms with Crippen molar-refractivity contribution in [2.24, 2.45) is 11.8 Å². The van der Waals surface area contributed by atoms with Crippen molar-refractivity contribution in [2.75, 3.05) is 10.2 Å². The molecule has 2 aromatic heterocycles.